The number of benzene rings is 1. The molecule has 1 N–H and O–H groups in total. The number of aliphatic hydroxyl groups is 1. The molecule has 2 aliphatic rings. The Labute approximate surface area is 164 Å². The van der Waals surface area contributed by atoms with Gasteiger partial charge < -0.3 is 19.1 Å². The Balaban J connectivity index is 1.80. The number of halogens is 1. The number of methoxy groups -OCH3 is 1. The highest BCUT2D eigenvalue weighted by Crippen LogP contribution is 2.39. The van der Waals surface area contributed by atoms with Crippen LogP contribution in [0.15, 0.2) is 29.1 Å². The van der Waals surface area contributed by atoms with Gasteiger partial charge in [0.1, 0.15) is 12.4 Å². The number of aliphatic hydroxyl groups excluding tert-OH is 1. The summed E-state index contributed by atoms with van der Waals surface area (Å²) in [4.78, 5) is 29.5. The predicted molar refractivity (Wildman–Crippen MR) is 101 cm³/mol. The molecule has 2 aliphatic heterocycles. The Morgan fingerprint density at radius 3 is 2.89 bits per heavy atom. The second kappa shape index (κ2) is 6.05. The molecule has 4 heterocycles. The summed E-state index contributed by atoms with van der Waals surface area (Å²) in [6.07, 6.45) is -1.47. The smallest absolute Gasteiger partial charge is 0.340 e. The van der Waals surface area contributed by atoms with Gasteiger partial charge in [-0.05, 0) is 29.8 Å². The van der Waals surface area contributed by atoms with Gasteiger partial charge in [-0.3, -0.25) is 4.79 Å². The zero-order valence-corrected chi connectivity index (χ0v) is 15.6. The molecule has 5 rings (SSSR count). The van der Waals surface area contributed by atoms with Crippen LogP contribution in [0.4, 0.5) is 0 Å². The van der Waals surface area contributed by atoms with Crippen LogP contribution in [0.5, 0.6) is 5.75 Å². The van der Waals surface area contributed by atoms with Gasteiger partial charge >= 0.3 is 5.97 Å². The van der Waals surface area contributed by atoms with Crippen molar-refractivity contribution >= 4 is 28.5 Å². The van der Waals surface area contributed by atoms with E-state index < -0.39 is 12.1 Å². The molecule has 0 spiro atoms. The average molecular weight is 399 g/mol. The number of hydrogen-bond acceptors (Lipinski definition) is 6. The van der Waals surface area contributed by atoms with E-state index in [1.807, 2.05) is 18.2 Å². The minimum Gasteiger partial charge on any atom is -0.497 e. The minimum absolute atomic E-state index is 0.143. The van der Waals surface area contributed by atoms with Crippen molar-refractivity contribution in [3.8, 4) is 17.1 Å². The molecule has 1 aromatic carbocycles. The van der Waals surface area contributed by atoms with Gasteiger partial charge in [0.05, 0.1) is 36.1 Å². The molecule has 2 aromatic heterocycles. The maximum Gasteiger partial charge on any atom is 0.340 e. The third-order valence-electron chi connectivity index (χ3n) is 5.42. The van der Waals surface area contributed by atoms with Crippen LogP contribution >= 0.6 is 11.6 Å². The number of esters is 1. The number of fused-ring (bicyclic) bond motifs is 5. The van der Waals surface area contributed by atoms with Gasteiger partial charge in [0.25, 0.3) is 5.56 Å². The topological polar surface area (TPSA) is 90.7 Å². The first-order chi connectivity index (χ1) is 13.5. The van der Waals surface area contributed by atoms with E-state index in [-0.39, 0.29) is 23.6 Å². The summed E-state index contributed by atoms with van der Waals surface area (Å²) in [5.74, 6) is 0.193. The Morgan fingerprint density at radius 1 is 1.32 bits per heavy atom. The van der Waals surface area contributed by atoms with Crippen LogP contribution in [0.3, 0.4) is 0 Å². The van der Waals surface area contributed by atoms with Crippen molar-refractivity contribution in [1.82, 2.24) is 9.55 Å². The van der Waals surface area contributed by atoms with Crippen LogP contribution in [0.2, 0.25) is 0 Å². The lowest BCUT2D eigenvalue weighted by molar-refractivity contribution is -0.157. The van der Waals surface area contributed by atoms with Crippen LogP contribution in [-0.4, -0.2) is 27.7 Å². The zero-order valence-electron chi connectivity index (χ0n) is 14.9. The summed E-state index contributed by atoms with van der Waals surface area (Å²) in [7, 11) is 1.59. The number of carbonyl (C=O) groups excluding carboxylic acids is 1. The zero-order chi connectivity index (χ0) is 19.6. The molecular weight excluding hydrogens is 384 g/mol. The van der Waals surface area contributed by atoms with E-state index in [0.717, 1.165) is 22.0 Å². The first-order valence-electron chi connectivity index (χ1n) is 8.70. The van der Waals surface area contributed by atoms with Gasteiger partial charge in [0, 0.05) is 22.4 Å². The van der Waals surface area contributed by atoms with E-state index in [0.29, 0.717) is 29.2 Å². The van der Waals surface area contributed by atoms with Gasteiger partial charge in [-0.15, -0.1) is 11.6 Å². The van der Waals surface area contributed by atoms with E-state index in [1.54, 1.807) is 17.7 Å². The van der Waals surface area contributed by atoms with Crippen LogP contribution in [0.1, 0.15) is 28.4 Å². The number of pyridine rings is 2. The Morgan fingerprint density at radius 2 is 2.14 bits per heavy atom. The predicted octanol–water partition coefficient (Wildman–Crippen LogP) is 2.26. The SMILES string of the molecule is COc1ccc2nc3c(c(CCl)c2c1)Cn1c-3cc2c(c1=O)COC(=O)[C@H]2O. The second-order valence-corrected chi connectivity index (χ2v) is 7.07. The van der Waals surface area contributed by atoms with Gasteiger partial charge in [0.15, 0.2) is 6.10 Å². The summed E-state index contributed by atoms with van der Waals surface area (Å²) in [5.41, 5.74) is 3.96. The molecule has 28 heavy (non-hydrogen) atoms. The van der Waals surface area contributed by atoms with Crippen LogP contribution < -0.4 is 10.3 Å². The number of rotatable bonds is 2. The summed E-state index contributed by atoms with van der Waals surface area (Å²) in [6, 6.07) is 7.20. The molecule has 0 bridgehead atoms. The fraction of sp³-hybridized carbons (Fsp3) is 0.250. The molecule has 7 nitrogen and oxygen atoms in total. The number of carbonyl (C=O) groups is 1. The van der Waals surface area contributed by atoms with Crippen LogP contribution in [-0.2, 0) is 28.6 Å². The molecule has 0 saturated heterocycles. The Kier molecular flexibility index (Phi) is 3.72. The largest absolute Gasteiger partial charge is 0.497 e. The Hall–Kier alpha value is -2.90. The fourth-order valence-electron chi connectivity index (χ4n) is 3.97. The maximum absolute atomic E-state index is 13.0. The molecule has 0 amide bonds. The van der Waals surface area contributed by atoms with Crippen molar-refractivity contribution in [2.45, 2.75) is 25.1 Å². The third-order valence-corrected chi connectivity index (χ3v) is 5.68. The molecule has 0 fully saturated rings. The third kappa shape index (κ3) is 2.23. The van der Waals surface area contributed by atoms with E-state index in [9.17, 15) is 14.7 Å². The first-order valence-corrected chi connectivity index (χ1v) is 9.24. The van der Waals surface area contributed by atoms with Crippen LogP contribution in [0.25, 0.3) is 22.3 Å². The summed E-state index contributed by atoms with van der Waals surface area (Å²) < 4.78 is 11.8. The van der Waals surface area contributed by atoms with E-state index in [2.05, 4.69) is 0 Å². The van der Waals surface area contributed by atoms with Gasteiger partial charge in [-0.1, -0.05) is 0 Å². The molecule has 142 valence electrons. The van der Waals surface area contributed by atoms with Gasteiger partial charge in [-0.25, -0.2) is 9.78 Å². The number of hydrogen-bond donors (Lipinski definition) is 1. The summed E-state index contributed by atoms with van der Waals surface area (Å²) >= 11 is 6.28. The van der Waals surface area contributed by atoms with Crippen molar-refractivity contribution in [3.63, 3.8) is 0 Å². The molecule has 1 atom stereocenters. The maximum atomic E-state index is 13.0. The standard InChI is InChI=1S/C20H15ClN2O5/c1-27-9-2-3-15-10(4-9)12(6-21)13-7-23-16(17(13)22-15)5-11-14(19(23)25)8-28-20(26)18(11)24/h2-5,18,24H,6-8H2,1H3/t18-/m0/s1. The highest BCUT2D eigenvalue weighted by Gasteiger charge is 2.34. The van der Waals surface area contributed by atoms with Crippen molar-refractivity contribution in [2.75, 3.05) is 7.11 Å². The lowest BCUT2D eigenvalue weighted by atomic mass is 9.99. The van der Waals surface area contributed by atoms with E-state index in [1.165, 1.54) is 0 Å². The highest BCUT2D eigenvalue weighted by atomic mass is 35.5. The average Bonchev–Trinajstić information content (AvgIpc) is 3.07. The van der Waals surface area contributed by atoms with Crippen molar-refractivity contribution in [1.29, 1.82) is 0 Å². The van der Waals surface area contributed by atoms with Crippen LogP contribution in [0, 0.1) is 0 Å². The monoisotopic (exact) mass is 398 g/mol. The van der Waals surface area contributed by atoms with Crippen molar-refractivity contribution < 1.29 is 19.4 Å². The first kappa shape index (κ1) is 17.2. The number of nitrogens with zero attached hydrogens (tertiary/aromatic N) is 2. The molecular formula is C20H15ClN2O5. The molecule has 0 aliphatic carbocycles. The Bertz CT molecular complexity index is 1230. The normalized spacial score (nSPS) is 17.1. The number of cyclic esters (lactones) is 1. The fourth-order valence-corrected chi connectivity index (χ4v) is 4.27. The van der Waals surface area contributed by atoms with Gasteiger partial charge in [0.2, 0.25) is 0 Å². The van der Waals surface area contributed by atoms with Crippen molar-refractivity contribution in [2.24, 2.45) is 0 Å². The summed E-state index contributed by atoms with van der Waals surface area (Å²) in [5, 5.41) is 11.1. The second-order valence-electron chi connectivity index (χ2n) is 6.80. The molecule has 3 aromatic rings. The lowest BCUT2D eigenvalue weighted by Crippen LogP contribution is -2.32. The van der Waals surface area contributed by atoms with Crippen molar-refractivity contribution in [3.05, 3.63) is 56.9 Å². The van der Waals surface area contributed by atoms with Gasteiger partial charge in [-0.2, -0.15) is 0 Å². The molecule has 0 radical (unpaired) electrons. The number of alkyl halides is 1. The molecule has 0 saturated carbocycles. The highest BCUT2D eigenvalue weighted by molar-refractivity contribution is 6.18. The molecule has 0 unspecified atom stereocenters. The quantitative estimate of drug-likeness (QED) is 0.411. The molecule has 8 heteroatoms. The lowest BCUT2D eigenvalue weighted by Gasteiger charge is -2.21. The van der Waals surface area contributed by atoms with E-state index >= 15 is 0 Å². The van der Waals surface area contributed by atoms with E-state index in [4.69, 9.17) is 26.1 Å². The number of ether oxygens (including phenoxy) is 2. The minimum atomic E-state index is -1.47. The summed E-state index contributed by atoms with van der Waals surface area (Å²) in [6.45, 7) is 0.179. The number of aromatic nitrogens is 2.